The Bertz CT molecular complexity index is 792. The number of ketones is 1. The number of aryl methyl sites for hydroxylation is 1. The van der Waals surface area contributed by atoms with Crippen molar-refractivity contribution in [3.05, 3.63) is 64.4 Å². The number of benzene rings is 1. The minimum absolute atomic E-state index is 0.0421. The van der Waals surface area contributed by atoms with E-state index >= 15 is 0 Å². The summed E-state index contributed by atoms with van der Waals surface area (Å²) in [5.74, 6) is 0.0421. The number of fused-ring (bicyclic) bond motifs is 1. The van der Waals surface area contributed by atoms with E-state index in [1.807, 2.05) is 31.2 Å². The van der Waals surface area contributed by atoms with Crippen LogP contribution >= 0.6 is 11.6 Å². The predicted molar refractivity (Wildman–Crippen MR) is 80.3 cm³/mol. The summed E-state index contributed by atoms with van der Waals surface area (Å²) < 4.78 is 0. The highest BCUT2D eigenvalue weighted by molar-refractivity contribution is 6.36. The number of nitrogens with one attached hydrogen (secondary N) is 1. The maximum Gasteiger partial charge on any atom is 0.169 e. The number of carbonyl (C=O) groups excluding carboxylic acids is 1. The number of hydrogen-bond acceptors (Lipinski definition) is 2. The maximum absolute atomic E-state index is 12.5. The van der Waals surface area contributed by atoms with E-state index in [2.05, 4.69) is 9.97 Å². The van der Waals surface area contributed by atoms with Gasteiger partial charge in [-0.15, -0.1) is 0 Å². The Labute approximate surface area is 121 Å². The van der Waals surface area contributed by atoms with Gasteiger partial charge in [0.25, 0.3) is 0 Å². The predicted octanol–water partition coefficient (Wildman–Crippen LogP) is 3.95. The van der Waals surface area contributed by atoms with Gasteiger partial charge in [-0.3, -0.25) is 4.79 Å². The zero-order chi connectivity index (χ0) is 14.1. The number of halogens is 1. The molecule has 2 aromatic heterocycles. The van der Waals surface area contributed by atoms with E-state index in [-0.39, 0.29) is 5.78 Å². The summed E-state index contributed by atoms with van der Waals surface area (Å²) in [5.41, 5.74) is 3.39. The van der Waals surface area contributed by atoms with Crippen molar-refractivity contribution in [1.82, 2.24) is 9.97 Å². The molecule has 0 atom stereocenters. The highest BCUT2D eigenvalue weighted by Gasteiger charge is 2.16. The molecule has 0 spiro atoms. The topological polar surface area (TPSA) is 45.8 Å². The molecule has 0 aliphatic carbocycles. The standard InChI is InChI=1S/C16H13ClN2O/c1-10-4-2-3-5-11(10)8-14(20)12-9-19-16-15(12)13(17)6-7-18-16/h2-7,9H,8H2,1H3,(H,18,19). The van der Waals surface area contributed by atoms with Crippen LogP contribution in [0.5, 0.6) is 0 Å². The van der Waals surface area contributed by atoms with Gasteiger partial charge in [-0.2, -0.15) is 0 Å². The molecule has 100 valence electrons. The molecular formula is C16H13ClN2O. The van der Waals surface area contributed by atoms with E-state index in [1.54, 1.807) is 18.5 Å². The van der Waals surface area contributed by atoms with Crippen molar-refractivity contribution < 1.29 is 4.79 Å². The van der Waals surface area contributed by atoms with Crippen LogP contribution in [0.1, 0.15) is 21.5 Å². The van der Waals surface area contributed by atoms with Gasteiger partial charge in [0, 0.05) is 29.8 Å². The molecule has 0 fully saturated rings. The molecule has 0 saturated carbocycles. The van der Waals surface area contributed by atoms with Crippen LogP contribution in [0.2, 0.25) is 5.02 Å². The van der Waals surface area contributed by atoms with Gasteiger partial charge in [-0.1, -0.05) is 35.9 Å². The Hall–Kier alpha value is -2.13. The van der Waals surface area contributed by atoms with Crippen LogP contribution in [-0.2, 0) is 6.42 Å². The number of aromatic amines is 1. The number of aromatic nitrogens is 2. The second kappa shape index (κ2) is 5.10. The van der Waals surface area contributed by atoms with E-state index in [4.69, 9.17) is 11.6 Å². The lowest BCUT2D eigenvalue weighted by Gasteiger charge is -2.04. The van der Waals surface area contributed by atoms with Crippen molar-refractivity contribution in [3.63, 3.8) is 0 Å². The number of Topliss-reactive ketones (excluding diaryl/α,β-unsaturated/α-hetero) is 1. The van der Waals surface area contributed by atoms with Gasteiger partial charge in [-0.05, 0) is 24.1 Å². The number of nitrogens with zero attached hydrogens (tertiary/aromatic N) is 1. The average Bonchev–Trinajstić information content (AvgIpc) is 2.87. The summed E-state index contributed by atoms with van der Waals surface area (Å²) in [4.78, 5) is 19.7. The fourth-order valence-electron chi connectivity index (χ4n) is 2.31. The second-order valence-electron chi connectivity index (χ2n) is 4.75. The van der Waals surface area contributed by atoms with Crippen molar-refractivity contribution in [2.75, 3.05) is 0 Å². The number of H-pyrrole nitrogens is 1. The minimum Gasteiger partial charge on any atom is -0.345 e. The smallest absolute Gasteiger partial charge is 0.169 e. The average molecular weight is 285 g/mol. The van der Waals surface area contributed by atoms with E-state index in [0.717, 1.165) is 11.1 Å². The fourth-order valence-corrected chi connectivity index (χ4v) is 2.56. The Balaban J connectivity index is 2.00. The van der Waals surface area contributed by atoms with Gasteiger partial charge >= 0.3 is 0 Å². The summed E-state index contributed by atoms with van der Waals surface area (Å²) in [6.45, 7) is 2.01. The van der Waals surface area contributed by atoms with Crippen LogP contribution in [0.3, 0.4) is 0 Å². The highest BCUT2D eigenvalue weighted by atomic mass is 35.5. The van der Waals surface area contributed by atoms with Crippen LogP contribution in [0, 0.1) is 6.92 Å². The Morgan fingerprint density at radius 1 is 1.30 bits per heavy atom. The lowest BCUT2D eigenvalue weighted by Crippen LogP contribution is -2.04. The number of pyridine rings is 1. The van der Waals surface area contributed by atoms with Crippen LogP contribution in [0.4, 0.5) is 0 Å². The van der Waals surface area contributed by atoms with Gasteiger partial charge < -0.3 is 4.98 Å². The molecular weight excluding hydrogens is 272 g/mol. The molecule has 0 bridgehead atoms. The highest BCUT2D eigenvalue weighted by Crippen LogP contribution is 2.26. The molecule has 0 saturated heterocycles. The van der Waals surface area contributed by atoms with Gasteiger partial charge in [0.2, 0.25) is 0 Å². The normalized spacial score (nSPS) is 10.9. The monoisotopic (exact) mass is 284 g/mol. The Kier molecular flexibility index (Phi) is 3.28. The first-order valence-corrected chi connectivity index (χ1v) is 6.74. The van der Waals surface area contributed by atoms with E-state index in [9.17, 15) is 4.79 Å². The molecule has 20 heavy (non-hydrogen) atoms. The zero-order valence-corrected chi connectivity index (χ0v) is 11.7. The largest absolute Gasteiger partial charge is 0.345 e. The van der Waals surface area contributed by atoms with Crippen LogP contribution < -0.4 is 0 Å². The maximum atomic E-state index is 12.5. The molecule has 0 amide bonds. The van der Waals surface area contributed by atoms with Gasteiger partial charge in [0.1, 0.15) is 5.65 Å². The summed E-state index contributed by atoms with van der Waals surface area (Å²) in [7, 11) is 0. The molecule has 3 nitrogen and oxygen atoms in total. The van der Waals surface area contributed by atoms with Crippen LogP contribution in [-0.4, -0.2) is 15.8 Å². The molecule has 1 aromatic carbocycles. The molecule has 4 heteroatoms. The van der Waals surface area contributed by atoms with Crippen molar-refractivity contribution in [2.24, 2.45) is 0 Å². The van der Waals surface area contributed by atoms with Gasteiger partial charge in [-0.25, -0.2) is 4.98 Å². The number of carbonyl (C=O) groups is 1. The number of rotatable bonds is 3. The quantitative estimate of drug-likeness (QED) is 0.740. The van der Waals surface area contributed by atoms with Crippen molar-refractivity contribution in [1.29, 1.82) is 0 Å². The molecule has 2 heterocycles. The van der Waals surface area contributed by atoms with E-state index < -0.39 is 0 Å². The van der Waals surface area contributed by atoms with Gasteiger partial charge in [0.15, 0.2) is 5.78 Å². The van der Waals surface area contributed by atoms with Crippen molar-refractivity contribution >= 4 is 28.4 Å². The van der Waals surface area contributed by atoms with Crippen molar-refractivity contribution in [3.8, 4) is 0 Å². The molecule has 3 rings (SSSR count). The third kappa shape index (κ3) is 2.21. The summed E-state index contributed by atoms with van der Waals surface area (Å²) in [6, 6.07) is 9.59. The third-order valence-electron chi connectivity index (χ3n) is 3.44. The molecule has 3 aromatic rings. The van der Waals surface area contributed by atoms with Crippen LogP contribution in [0.15, 0.2) is 42.7 Å². The SMILES string of the molecule is Cc1ccccc1CC(=O)c1c[nH]c2nccc(Cl)c12. The lowest BCUT2D eigenvalue weighted by molar-refractivity contribution is 0.0994. The minimum atomic E-state index is 0.0421. The first-order chi connectivity index (χ1) is 9.66. The lowest BCUT2D eigenvalue weighted by atomic mass is 10.00. The summed E-state index contributed by atoms with van der Waals surface area (Å²) in [6.07, 6.45) is 3.67. The van der Waals surface area contributed by atoms with Crippen LogP contribution in [0.25, 0.3) is 11.0 Å². The van der Waals surface area contributed by atoms with E-state index in [0.29, 0.717) is 28.0 Å². The number of hydrogen-bond donors (Lipinski definition) is 1. The third-order valence-corrected chi connectivity index (χ3v) is 3.75. The summed E-state index contributed by atoms with van der Waals surface area (Å²) in [5, 5.41) is 1.25. The molecule has 0 aliphatic heterocycles. The molecule has 0 radical (unpaired) electrons. The Morgan fingerprint density at radius 2 is 2.10 bits per heavy atom. The Morgan fingerprint density at radius 3 is 2.90 bits per heavy atom. The van der Waals surface area contributed by atoms with E-state index in [1.165, 1.54) is 0 Å². The molecule has 0 aliphatic rings. The molecule has 1 N–H and O–H groups in total. The summed E-state index contributed by atoms with van der Waals surface area (Å²) >= 11 is 6.17. The molecule has 0 unspecified atom stereocenters. The first-order valence-electron chi connectivity index (χ1n) is 6.36. The van der Waals surface area contributed by atoms with Crippen molar-refractivity contribution in [2.45, 2.75) is 13.3 Å². The fraction of sp³-hybridized carbons (Fsp3) is 0.125. The first kappa shape index (κ1) is 12.9. The second-order valence-corrected chi connectivity index (χ2v) is 5.15. The zero-order valence-electron chi connectivity index (χ0n) is 11.0. The van der Waals surface area contributed by atoms with Gasteiger partial charge in [0.05, 0.1) is 5.02 Å².